The van der Waals surface area contributed by atoms with Gasteiger partial charge in [-0.1, -0.05) is 25.1 Å². The van der Waals surface area contributed by atoms with E-state index in [1.807, 2.05) is 6.92 Å². The van der Waals surface area contributed by atoms with Gasteiger partial charge in [0.25, 0.3) is 5.91 Å². The molecule has 0 saturated heterocycles. The summed E-state index contributed by atoms with van der Waals surface area (Å²) in [6, 6.07) is 15.6. The average Bonchev–Trinajstić information content (AvgIpc) is 3.20. The molecule has 2 heterocycles. The largest absolute Gasteiger partial charge is 0.494 e. The van der Waals surface area contributed by atoms with Crippen molar-refractivity contribution in [2.75, 3.05) is 11.9 Å². The predicted octanol–water partition coefficient (Wildman–Crippen LogP) is 3.88. The minimum Gasteiger partial charge on any atom is -0.494 e. The number of hydrogen-bond acceptors (Lipinski definition) is 7. The van der Waals surface area contributed by atoms with E-state index in [0.717, 1.165) is 12.2 Å². The molecule has 0 aliphatic carbocycles. The topological polar surface area (TPSA) is 107 Å². The van der Waals surface area contributed by atoms with Crippen molar-refractivity contribution in [3.05, 3.63) is 70.6 Å². The van der Waals surface area contributed by atoms with Crippen LogP contribution < -0.4 is 15.7 Å². The maximum atomic E-state index is 12.6. The zero-order valence-corrected chi connectivity index (χ0v) is 15.5. The van der Waals surface area contributed by atoms with Crippen LogP contribution in [0.4, 0.5) is 5.82 Å². The number of aromatic nitrogens is 2. The molecule has 0 aliphatic rings. The third-order valence-corrected chi connectivity index (χ3v) is 4.21. The SMILES string of the molecule is CCCOc1ccc(-c2nonc2NC(=O)c2cc3ccccc3oc2=O)cc1. The van der Waals surface area contributed by atoms with Crippen molar-refractivity contribution in [2.24, 2.45) is 0 Å². The zero-order chi connectivity index (χ0) is 20.2. The van der Waals surface area contributed by atoms with Gasteiger partial charge in [-0.15, -0.1) is 0 Å². The van der Waals surface area contributed by atoms with Crippen LogP contribution in [0.3, 0.4) is 0 Å². The van der Waals surface area contributed by atoms with Crippen LogP contribution in [0.1, 0.15) is 23.7 Å². The number of carbonyl (C=O) groups excluding carboxylic acids is 1. The molecule has 1 N–H and O–H groups in total. The molecule has 0 spiro atoms. The Labute approximate surface area is 165 Å². The number of anilines is 1. The summed E-state index contributed by atoms with van der Waals surface area (Å²) in [5, 5.41) is 10.8. The Morgan fingerprint density at radius 1 is 1.10 bits per heavy atom. The lowest BCUT2D eigenvalue weighted by molar-refractivity contribution is 0.102. The predicted molar refractivity (Wildman–Crippen MR) is 106 cm³/mol. The second-order valence-electron chi connectivity index (χ2n) is 6.27. The molecule has 0 fully saturated rings. The first-order valence-electron chi connectivity index (χ1n) is 9.05. The van der Waals surface area contributed by atoms with Crippen molar-refractivity contribution >= 4 is 22.7 Å². The maximum Gasteiger partial charge on any atom is 0.349 e. The van der Waals surface area contributed by atoms with E-state index in [0.29, 0.717) is 28.8 Å². The number of carbonyl (C=O) groups is 1. The fraction of sp³-hybridized carbons (Fsp3) is 0.143. The average molecular weight is 391 g/mol. The highest BCUT2D eigenvalue weighted by atomic mass is 16.6. The van der Waals surface area contributed by atoms with Gasteiger partial charge < -0.3 is 14.5 Å². The fourth-order valence-corrected chi connectivity index (χ4v) is 2.78. The van der Waals surface area contributed by atoms with Gasteiger partial charge >= 0.3 is 5.63 Å². The Kier molecular flexibility index (Phi) is 5.07. The number of fused-ring (bicyclic) bond motifs is 1. The maximum absolute atomic E-state index is 12.6. The molecule has 2 aromatic heterocycles. The standard InChI is InChI=1S/C21H17N3O5/c1-2-11-27-15-9-7-13(8-10-15)18-19(24-29-23-18)22-20(25)16-12-14-5-3-4-6-17(14)28-21(16)26/h3-10,12H,2,11H2,1H3,(H,22,24,25). The summed E-state index contributed by atoms with van der Waals surface area (Å²) in [6.07, 6.45) is 0.911. The Morgan fingerprint density at radius 2 is 1.90 bits per heavy atom. The summed E-state index contributed by atoms with van der Waals surface area (Å²) in [4.78, 5) is 24.8. The third kappa shape index (κ3) is 3.86. The number of amides is 1. The van der Waals surface area contributed by atoms with Gasteiger partial charge in [0.15, 0.2) is 5.69 Å². The summed E-state index contributed by atoms with van der Waals surface area (Å²) in [6.45, 7) is 2.65. The van der Waals surface area contributed by atoms with Gasteiger partial charge in [0.1, 0.15) is 16.9 Å². The second-order valence-corrected chi connectivity index (χ2v) is 6.27. The molecule has 1 amide bonds. The van der Waals surface area contributed by atoms with E-state index >= 15 is 0 Å². The molecule has 0 unspecified atom stereocenters. The van der Waals surface area contributed by atoms with Crippen LogP contribution >= 0.6 is 0 Å². The molecule has 0 aliphatic heterocycles. The number of ether oxygens (including phenoxy) is 1. The number of hydrogen-bond donors (Lipinski definition) is 1. The van der Waals surface area contributed by atoms with Crippen molar-refractivity contribution in [1.29, 1.82) is 0 Å². The lowest BCUT2D eigenvalue weighted by atomic mass is 10.1. The third-order valence-electron chi connectivity index (χ3n) is 4.21. The summed E-state index contributed by atoms with van der Waals surface area (Å²) in [7, 11) is 0. The first-order chi connectivity index (χ1) is 14.2. The molecule has 0 saturated carbocycles. The monoisotopic (exact) mass is 391 g/mol. The highest BCUT2D eigenvalue weighted by molar-refractivity contribution is 6.06. The fourth-order valence-electron chi connectivity index (χ4n) is 2.78. The number of nitrogens with one attached hydrogen (secondary N) is 1. The van der Waals surface area contributed by atoms with Crippen molar-refractivity contribution < 1.29 is 18.6 Å². The lowest BCUT2D eigenvalue weighted by Gasteiger charge is -2.06. The van der Waals surface area contributed by atoms with Crippen LogP contribution in [-0.4, -0.2) is 22.8 Å². The molecule has 0 bridgehead atoms. The summed E-state index contributed by atoms with van der Waals surface area (Å²) in [5.41, 5.74) is 0.544. The first kappa shape index (κ1) is 18.4. The minimum absolute atomic E-state index is 0.102. The zero-order valence-electron chi connectivity index (χ0n) is 15.5. The summed E-state index contributed by atoms with van der Waals surface area (Å²) in [5.74, 6) is 0.167. The molecular weight excluding hydrogens is 374 g/mol. The Bertz CT molecular complexity index is 1210. The Balaban J connectivity index is 1.58. The molecule has 29 heavy (non-hydrogen) atoms. The van der Waals surface area contributed by atoms with Crippen LogP contribution in [0.5, 0.6) is 5.75 Å². The van der Waals surface area contributed by atoms with E-state index in [1.165, 1.54) is 6.07 Å². The van der Waals surface area contributed by atoms with Crippen molar-refractivity contribution in [1.82, 2.24) is 10.3 Å². The van der Waals surface area contributed by atoms with E-state index < -0.39 is 11.5 Å². The molecule has 8 nitrogen and oxygen atoms in total. The molecule has 146 valence electrons. The van der Waals surface area contributed by atoms with Gasteiger partial charge in [-0.3, -0.25) is 4.79 Å². The van der Waals surface area contributed by atoms with E-state index in [9.17, 15) is 9.59 Å². The molecule has 0 radical (unpaired) electrons. The van der Waals surface area contributed by atoms with Crippen molar-refractivity contribution in [2.45, 2.75) is 13.3 Å². The van der Waals surface area contributed by atoms with E-state index in [-0.39, 0.29) is 11.4 Å². The van der Waals surface area contributed by atoms with Crippen LogP contribution in [0, 0.1) is 0 Å². The number of nitrogens with zero attached hydrogens (tertiary/aromatic N) is 2. The molecular formula is C21H17N3O5. The van der Waals surface area contributed by atoms with Gasteiger partial charge in [0.2, 0.25) is 5.82 Å². The molecule has 2 aromatic carbocycles. The van der Waals surface area contributed by atoms with Gasteiger partial charge in [-0.2, -0.15) is 0 Å². The highest BCUT2D eigenvalue weighted by Gasteiger charge is 2.19. The number of rotatable bonds is 6. The molecule has 4 aromatic rings. The van der Waals surface area contributed by atoms with Crippen molar-refractivity contribution in [3.63, 3.8) is 0 Å². The highest BCUT2D eigenvalue weighted by Crippen LogP contribution is 2.26. The van der Waals surface area contributed by atoms with Gasteiger partial charge in [0.05, 0.1) is 6.61 Å². The van der Waals surface area contributed by atoms with E-state index in [2.05, 4.69) is 15.6 Å². The number of benzene rings is 2. The van der Waals surface area contributed by atoms with Gasteiger partial charge in [-0.25, -0.2) is 9.42 Å². The molecule has 8 heteroatoms. The Morgan fingerprint density at radius 3 is 2.69 bits per heavy atom. The van der Waals surface area contributed by atoms with Crippen molar-refractivity contribution in [3.8, 4) is 17.0 Å². The van der Waals surface area contributed by atoms with Gasteiger partial charge in [-0.05, 0) is 53.1 Å². The normalized spacial score (nSPS) is 10.8. The summed E-state index contributed by atoms with van der Waals surface area (Å²) < 4.78 is 15.5. The van der Waals surface area contributed by atoms with Crippen LogP contribution in [0.25, 0.3) is 22.2 Å². The summed E-state index contributed by atoms with van der Waals surface area (Å²) >= 11 is 0. The smallest absolute Gasteiger partial charge is 0.349 e. The molecule has 4 rings (SSSR count). The van der Waals surface area contributed by atoms with Gasteiger partial charge in [0, 0.05) is 10.9 Å². The Hall–Kier alpha value is -3.94. The quantitative estimate of drug-likeness (QED) is 0.497. The van der Waals surface area contributed by atoms with E-state index in [1.54, 1.807) is 48.5 Å². The number of para-hydroxylation sites is 1. The molecule has 0 atom stereocenters. The van der Waals surface area contributed by atoms with Crippen LogP contribution in [0.2, 0.25) is 0 Å². The lowest BCUT2D eigenvalue weighted by Crippen LogP contribution is -2.21. The van der Waals surface area contributed by atoms with Crippen LogP contribution in [-0.2, 0) is 0 Å². The van der Waals surface area contributed by atoms with Crippen LogP contribution in [0.15, 0.2) is 68.4 Å². The second kappa shape index (κ2) is 7.97. The van der Waals surface area contributed by atoms with E-state index in [4.69, 9.17) is 13.8 Å². The minimum atomic E-state index is -0.739. The first-order valence-corrected chi connectivity index (χ1v) is 9.05.